The van der Waals surface area contributed by atoms with E-state index in [1.807, 2.05) is 18.6 Å². The van der Waals surface area contributed by atoms with Crippen molar-refractivity contribution in [2.75, 3.05) is 5.32 Å². The molecular weight excluding hydrogens is 571 g/mol. The zero-order valence-electron chi connectivity index (χ0n) is 22.5. The number of rotatable bonds is 8. The van der Waals surface area contributed by atoms with E-state index in [0.29, 0.717) is 0 Å². The number of carbonyl (C=O) groups excluding carboxylic acids is 2. The van der Waals surface area contributed by atoms with Crippen LogP contribution in [0.4, 0.5) is 18.9 Å². The average Bonchev–Trinajstić information content (AvgIpc) is 2.94. The van der Waals surface area contributed by atoms with Crippen molar-refractivity contribution in [2.45, 2.75) is 37.4 Å². The molecule has 1 heterocycles. The van der Waals surface area contributed by atoms with Crippen molar-refractivity contribution in [3.8, 4) is 0 Å². The van der Waals surface area contributed by atoms with Gasteiger partial charge in [-0.25, -0.2) is 13.1 Å². The second-order valence-electron chi connectivity index (χ2n) is 9.74. The van der Waals surface area contributed by atoms with Crippen LogP contribution in [-0.4, -0.2) is 24.8 Å². The molecule has 2 amide bonds. The van der Waals surface area contributed by atoms with E-state index in [-0.39, 0.29) is 39.7 Å². The molecule has 3 aromatic carbocycles. The molecule has 0 aliphatic rings. The van der Waals surface area contributed by atoms with Gasteiger partial charge in [-0.3, -0.25) is 14.4 Å². The maximum absolute atomic E-state index is 13.1. The van der Waals surface area contributed by atoms with Crippen LogP contribution in [0.1, 0.15) is 57.2 Å². The number of benzene rings is 3. The molecule has 8 nitrogen and oxygen atoms in total. The van der Waals surface area contributed by atoms with Crippen LogP contribution in [0.25, 0.3) is 0 Å². The van der Waals surface area contributed by atoms with Crippen LogP contribution in [0.2, 0.25) is 0 Å². The molecule has 218 valence electrons. The summed E-state index contributed by atoms with van der Waals surface area (Å²) in [5, 5.41) is 2.53. The summed E-state index contributed by atoms with van der Waals surface area (Å²) in [5.74, 6) is -1.53. The molecule has 0 atom stereocenters. The molecule has 0 aliphatic heterocycles. The van der Waals surface area contributed by atoms with E-state index in [2.05, 4.69) is 5.32 Å². The van der Waals surface area contributed by atoms with Crippen molar-refractivity contribution in [1.29, 1.82) is 0 Å². The number of sulfonamides is 1. The molecule has 4 rings (SSSR count). The molecule has 0 fully saturated rings. The van der Waals surface area contributed by atoms with E-state index in [0.717, 1.165) is 28.3 Å². The lowest BCUT2D eigenvalue weighted by atomic mass is 10.0. The van der Waals surface area contributed by atoms with Gasteiger partial charge in [0.2, 0.25) is 0 Å². The number of nitrogens with zero attached hydrogens (tertiary/aromatic N) is 1. The Hall–Kier alpha value is -4.71. The summed E-state index contributed by atoms with van der Waals surface area (Å²) in [7, 11) is -4.22. The Kier molecular flexibility index (Phi) is 8.67. The number of carbonyl (C=O) groups is 2. The number of alkyl halides is 3. The number of anilines is 1. The summed E-state index contributed by atoms with van der Waals surface area (Å²) in [6.45, 7) is 3.70. The fraction of sp³-hybridized carbons (Fsp3) is 0.167. The second-order valence-corrected chi connectivity index (χ2v) is 11.4. The maximum Gasteiger partial charge on any atom is 0.416 e. The highest BCUT2D eigenvalue weighted by atomic mass is 32.2. The van der Waals surface area contributed by atoms with Crippen molar-refractivity contribution < 1.29 is 31.2 Å². The predicted molar refractivity (Wildman–Crippen MR) is 151 cm³/mol. The van der Waals surface area contributed by atoms with E-state index in [4.69, 9.17) is 0 Å². The van der Waals surface area contributed by atoms with Gasteiger partial charge in [0, 0.05) is 12.3 Å². The van der Waals surface area contributed by atoms with Crippen molar-refractivity contribution in [3.05, 3.63) is 129 Å². The van der Waals surface area contributed by atoms with Gasteiger partial charge in [0.15, 0.2) is 0 Å². The Morgan fingerprint density at radius 1 is 0.881 bits per heavy atom. The summed E-state index contributed by atoms with van der Waals surface area (Å²) < 4.78 is 68.0. The van der Waals surface area contributed by atoms with Crippen molar-refractivity contribution in [1.82, 2.24) is 9.29 Å². The Morgan fingerprint density at radius 2 is 1.57 bits per heavy atom. The summed E-state index contributed by atoms with van der Waals surface area (Å²) in [5.41, 5.74) is -0.441. The molecule has 0 aliphatic carbocycles. The van der Waals surface area contributed by atoms with Crippen LogP contribution >= 0.6 is 0 Å². The molecule has 0 spiro atoms. The minimum atomic E-state index is -4.56. The van der Waals surface area contributed by atoms with Gasteiger partial charge in [0.25, 0.3) is 27.4 Å². The molecule has 12 heteroatoms. The molecule has 0 saturated carbocycles. The second kappa shape index (κ2) is 12.0. The lowest BCUT2D eigenvalue weighted by molar-refractivity contribution is -0.137. The molecular formula is C30H26F3N3O5S. The van der Waals surface area contributed by atoms with Crippen molar-refractivity contribution in [2.24, 2.45) is 0 Å². The van der Waals surface area contributed by atoms with Crippen LogP contribution in [0.3, 0.4) is 0 Å². The Bertz CT molecular complexity index is 1800. The van der Waals surface area contributed by atoms with E-state index in [9.17, 15) is 36.0 Å². The Labute approximate surface area is 239 Å². The van der Waals surface area contributed by atoms with Gasteiger partial charge >= 0.3 is 6.18 Å². The largest absolute Gasteiger partial charge is 0.416 e. The van der Waals surface area contributed by atoms with Crippen LogP contribution in [-0.2, 0) is 22.7 Å². The molecule has 1 aromatic heterocycles. The SMILES string of the molecule is CC(C)c1ccc(S(=O)(=O)NC(=O)c2ccccc2NC(=O)c2ccc(=O)n(Cc3cccc(C(F)(F)F)c3)c2)cc1. The standard InChI is InChI=1S/C30H26F3N3O5S/c1-19(2)21-10-13-24(14-11-21)42(40,41)35-29(39)25-8-3-4-9-26(25)34-28(38)22-12-15-27(37)36(18-22)17-20-6-5-7-23(16-20)30(31,32)33/h3-16,18-19H,17H2,1-2H3,(H,34,38)(H,35,39). The number of hydrogen-bond acceptors (Lipinski definition) is 5. The molecule has 0 saturated heterocycles. The minimum Gasteiger partial charge on any atom is -0.321 e. The third-order valence-electron chi connectivity index (χ3n) is 6.36. The van der Waals surface area contributed by atoms with Gasteiger partial charge in [-0.05, 0) is 59.5 Å². The number of nitrogens with one attached hydrogen (secondary N) is 2. The quantitative estimate of drug-likeness (QED) is 0.282. The monoisotopic (exact) mass is 597 g/mol. The first kappa shape index (κ1) is 30.3. The summed E-state index contributed by atoms with van der Waals surface area (Å²) in [6.07, 6.45) is -3.37. The number of pyridine rings is 1. The molecule has 0 bridgehead atoms. The molecule has 0 unspecified atom stereocenters. The van der Waals surface area contributed by atoms with Gasteiger partial charge in [-0.2, -0.15) is 13.2 Å². The highest BCUT2D eigenvalue weighted by Crippen LogP contribution is 2.29. The van der Waals surface area contributed by atoms with Crippen molar-refractivity contribution in [3.63, 3.8) is 0 Å². The van der Waals surface area contributed by atoms with Crippen LogP contribution in [0.15, 0.2) is 101 Å². The van der Waals surface area contributed by atoms with Gasteiger partial charge in [0.05, 0.1) is 33.8 Å². The van der Waals surface area contributed by atoms with E-state index in [1.165, 1.54) is 60.8 Å². The first-order valence-electron chi connectivity index (χ1n) is 12.7. The van der Waals surface area contributed by atoms with E-state index >= 15 is 0 Å². The van der Waals surface area contributed by atoms with Gasteiger partial charge < -0.3 is 9.88 Å². The lowest BCUT2D eigenvalue weighted by Crippen LogP contribution is -2.31. The lowest BCUT2D eigenvalue weighted by Gasteiger charge is -2.13. The topological polar surface area (TPSA) is 114 Å². The fourth-order valence-corrected chi connectivity index (χ4v) is 5.05. The number of halogens is 3. The summed E-state index contributed by atoms with van der Waals surface area (Å²) >= 11 is 0. The molecule has 42 heavy (non-hydrogen) atoms. The first-order chi connectivity index (χ1) is 19.7. The smallest absolute Gasteiger partial charge is 0.321 e. The number of amides is 2. The number of hydrogen-bond donors (Lipinski definition) is 2. The van der Waals surface area contributed by atoms with Gasteiger partial charge in [0.1, 0.15) is 0 Å². The maximum atomic E-state index is 13.1. The van der Waals surface area contributed by atoms with Crippen LogP contribution in [0.5, 0.6) is 0 Å². The highest BCUT2D eigenvalue weighted by Gasteiger charge is 2.30. The van der Waals surface area contributed by atoms with Crippen LogP contribution in [0, 0.1) is 0 Å². The summed E-state index contributed by atoms with van der Waals surface area (Å²) in [4.78, 5) is 38.3. The van der Waals surface area contributed by atoms with Crippen LogP contribution < -0.4 is 15.6 Å². The highest BCUT2D eigenvalue weighted by molar-refractivity contribution is 7.90. The minimum absolute atomic E-state index is 0.000911. The van der Waals surface area contributed by atoms with Gasteiger partial charge in [-0.1, -0.05) is 50.2 Å². The Morgan fingerprint density at radius 3 is 2.24 bits per heavy atom. The van der Waals surface area contributed by atoms with Gasteiger partial charge in [-0.15, -0.1) is 0 Å². The molecule has 2 N–H and O–H groups in total. The zero-order valence-corrected chi connectivity index (χ0v) is 23.3. The zero-order chi connectivity index (χ0) is 30.7. The third-order valence-corrected chi connectivity index (χ3v) is 7.70. The number of aromatic nitrogens is 1. The van der Waals surface area contributed by atoms with E-state index in [1.54, 1.807) is 12.1 Å². The predicted octanol–water partition coefficient (Wildman–Crippen LogP) is 5.41. The van der Waals surface area contributed by atoms with Crippen molar-refractivity contribution >= 4 is 27.5 Å². The average molecular weight is 598 g/mol. The normalized spacial score (nSPS) is 11.8. The Balaban J connectivity index is 1.53. The molecule has 0 radical (unpaired) electrons. The fourth-order valence-electron chi connectivity index (χ4n) is 4.08. The first-order valence-corrected chi connectivity index (χ1v) is 14.2. The number of para-hydroxylation sites is 1. The van der Waals surface area contributed by atoms with E-state index < -0.39 is 39.1 Å². The third kappa shape index (κ3) is 7.13. The molecule has 4 aromatic rings. The summed E-state index contributed by atoms with van der Waals surface area (Å²) in [6, 6.07) is 18.7.